The molecule has 0 aromatic carbocycles. The second-order valence-corrected chi connectivity index (χ2v) is 11.0. The highest BCUT2D eigenvalue weighted by atomic mass is 19.1. The van der Waals surface area contributed by atoms with Crippen molar-refractivity contribution in [3.63, 3.8) is 0 Å². The molecular formula is C27H29FN6O4. The van der Waals surface area contributed by atoms with Crippen molar-refractivity contribution < 1.29 is 23.8 Å². The van der Waals surface area contributed by atoms with Crippen molar-refractivity contribution in [2.75, 3.05) is 19.0 Å². The van der Waals surface area contributed by atoms with Gasteiger partial charge in [0.05, 0.1) is 65.6 Å². The number of nitrogens with zero attached hydrogens (tertiary/aromatic N) is 4. The molecule has 0 spiro atoms. The highest BCUT2D eigenvalue weighted by molar-refractivity contribution is 6.00. The number of halogens is 1. The lowest BCUT2D eigenvalue weighted by Gasteiger charge is -2.71. The van der Waals surface area contributed by atoms with E-state index >= 15 is 0 Å². The Kier molecular flexibility index (Phi) is 6.10. The first-order valence-electron chi connectivity index (χ1n) is 12.3. The summed E-state index contributed by atoms with van der Waals surface area (Å²) >= 11 is 0. The number of nitriles is 1. The van der Waals surface area contributed by atoms with Crippen molar-refractivity contribution >= 4 is 23.1 Å². The molecular weight excluding hydrogens is 491 g/mol. The fourth-order valence-corrected chi connectivity index (χ4v) is 5.64. The lowest BCUT2D eigenvalue weighted by molar-refractivity contribution is -0.163. The number of carbonyl (C=O) groups excluding carboxylic acids is 2. The van der Waals surface area contributed by atoms with Crippen LogP contribution < -0.4 is 10.6 Å². The number of aliphatic hydroxyl groups is 1. The number of fused-ring (bicyclic) bond motifs is 1. The van der Waals surface area contributed by atoms with Gasteiger partial charge in [-0.3, -0.25) is 14.6 Å². The second-order valence-electron chi connectivity index (χ2n) is 11.0. The van der Waals surface area contributed by atoms with Crippen LogP contribution in [0.25, 0.3) is 16.9 Å². The minimum atomic E-state index is -1.65. The molecule has 3 saturated carbocycles. The smallest absolute Gasteiger partial charge is 0.306 e. The Morgan fingerprint density at radius 2 is 2.03 bits per heavy atom. The summed E-state index contributed by atoms with van der Waals surface area (Å²) in [6, 6.07) is 9.21. The predicted molar refractivity (Wildman–Crippen MR) is 136 cm³/mol. The van der Waals surface area contributed by atoms with Crippen LogP contribution in [-0.4, -0.2) is 62.5 Å². The van der Waals surface area contributed by atoms with Gasteiger partial charge in [-0.25, -0.2) is 8.91 Å². The summed E-state index contributed by atoms with van der Waals surface area (Å²) in [5.74, 6) is -0.754. The molecule has 2 bridgehead atoms. The Balaban J connectivity index is 1.43. The number of esters is 1. The Labute approximate surface area is 218 Å². The number of hydrogen-bond donors (Lipinski definition) is 3. The van der Waals surface area contributed by atoms with Crippen molar-refractivity contribution in [3.05, 3.63) is 47.8 Å². The zero-order chi connectivity index (χ0) is 27.3. The van der Waals surface area contributed by atoms with E-state index in [2.05, 4.69) is 26.8 Å². The van der Waals surface area contributed by atoms with Crippen LogP contribution in [0.5, 0.6) is 0 Å². The Hall–Kier alpha value is -4.04. The Morgan fingerprint density at radius 3 is 2.68 bits per heavy atom. The van der Waals surface area contributed by atoms with Crippen LogP contribution in [0.2, 0.25) is 0 Å². The predicted octanol–water partition coefficient (Wildman–Crippen LogP) is 3.00. The highest BCUT2D eigenvalue weighted by Gasteiger charge is 2.68. The van der Waals surface area contributed by atoms with E-state index in [1.165, 1.54) is 33.4 Å². The van der Waals surface area contributed by atoms with Crippen LogP contribution in [0.3, 0.4) is 0 Å². The van der Waals surface area contributed by atoms with E-state index < -0.39 is 17.7 Å². The van der Waals surface area contributed by atoms with Gasteiger partial charge in [0, 0.05) is 11.7 Å². The number of pyridine rings is 1. The quantitative estimate of drug-likeness (QED) is 0.366. The van der Waals surface area contributed by atoms with Crippen molar-refractivity contribution in [1.82, 2.24) is 19.9 Å². The van der Waals surface area contributed by atoms with Gasteiger partial charge in [0.25, 0.3) is 5.91 Å². The number of ether oxygens (including phenoxy) is 1. The van der Waals surface area contributed by atoms with E-state index in [1.807, 2.05) is 12.1 Å². The van der Waals surface area contributed by atoms with Gasteiger partial charge in [0.1, 0.15) is 12.2 Å². The van der Waals surface area contributed by atoms with Crippen LogP contribution >= 0.6 is 0 Å². The number of alkyl halides is 1. The van der Waals surface area contributed by atoms with Gasteiger partial charge in [-0.2, -0.15) is 10.4 Å². The zero-order valence-electron chi connectivity index (χ0n) is 21.4. The number of hydrogen-bond acceptors (Lipinski definition) is 8. The van der Waals surface area contributed by atoms with Gasteiger partial charge in [0.2, 0.25) is 0 Å². The van der Waals surface area contributed by atoms with E-state index in [0.717, 1.165) is 24.8 Å². The van der Waals surface area contributed by atoms with E-state index in [9.17, 15) is 19.1 Å². The molecule has 3 heterocycles. The van der Waals surface area contributed by atoms with Crippen LogP contribution in [0.15, 0.2) is 36.7 Å². The molecule has 1 amide bonds. The number of amides is 1. The third-order valence-electron chi connectivity index (χ3n) is 7.54. The van der Waals surface area contributed by atoms with E-state index in [0.29, 0.717) is 29.1 Å². The van der Waals surface area contributed by atoms with Gasteiger partial charge in [-0.1, -0.05) is 0 Å². The average Bonchev–Trinajstić information content (AvgIpc) is 3.27. The largest absolute Gasteiger partial charge is 0.469 e. The minimum Gasteiger partial charge on any atom is -0.469 e. The summed E-state index contributed by atoms with van der Waals surface area (Å²) in [5, 5.41) is 29.4. The molecule has 1 atom stereocenters. The van der Waals surface area contributed by atoms with Gasteiger partial charge >= 0.3 is 5.97 Å². The SMILES string of the molecule is COC(=O)CC12CC(Nc3cc(-c4ccc5cc(C#N)cnn45)ncc3C(=O)NC[C@@H](F)C(C)(C)O)(C1)C2. The van der Waals surface area contributed by atoms with Crippen molar-refractivity contribution in [2.24, 2.45) is 5.41 Å². The standard InChI is InChI=1S/C27H29FN6O4/c1-25(2,37)22(28)12-31-24(36)18-11-30-20(21-5-4-17-6-16(9-29)10-32-34(17)21)7-19(18)33-27-13-26(14-27,15-27)8-23(35)38-3/h4-7,10-11,22,37H,8,12-15H2,1-3H3,(H,30,33)(H,31,36)/t22-,26?,27?/m1/s1. The number of rotatable bonds is 9. The molecule has 3 fully saturated rings. The Bertz CT molecular complexity index is 1450. The molecule has 0 radical (unpaired) electrons. The molecule has 11 heteroatoms. The summed E-state index contributed by atoms with van der Waals surface area (Å²) in [5.41, 5.74) is 1.23. The summed E-state index contributed by atoms with van der Waals surface area (Å²) < 4.78 is 20.8. The minimum absolute atomic E-state index is 0.0768. The third kappa shape index (κ3) is 4.56. The third-order valence-corrected chi connectivity index (χ3v) is 7.54. The molecule has 3 N–H and O–H groups in total. The zero-order valence-corrected chi connectivity index (χ0v) is 21.4. The number of carbonyl (C=O) groups is 2. The number of nitrogens with one attached hydrogen (secondary N) is 2. The molecule has 3 aromatic heterocycles. The van der Waals surface area contributed by atoms with E-state index in [1.54, 1.807) is 16.6 Å². The van der Waals surface area contributed by atoms with Crippen LogP contribution in [-0.2, 0) is 9.53 Å². The van der Waals surface area contributed by atoms with Gasteiger partial charge in [-0.15, -0.1) is 0 Å². The van der Waals surface area contributed by atoms with E-state index in [-0.39, 0.29) is 29.0 Å². The maximum absolute atomic E-state index is 14.3. The first-order chi connectivity index (χ1) is 18.0. The first kappa shape index (κ1) is 25.6. The molecule has 3 aliphatic rings. The molecule has 0 saturated heterocycles. The Morgan fingerprint density at radius 1 is 1.29 bits per heavy atom. The van der Waals surface area contributed by atoms with Crippen molar-refractivity contribution in [1.29, 1.82) is 5.26 Å². The van der Waals surface area contributed by atoms with Gasteiger partial charge < -0.3 is 20.5 Å². The lowest BCUT2D eigenvalue weighted by atomic mass is 9.38. The maximum atomic E-state index is 14.3. The molecule has 6 rings (SSSR count). The maximum Gasteiger partial charge on any atom is 0.306 e. The lowest BCUT2D eigenvalue weighted by Crippen LogP contribution is -2.71. The average molecular weight is 521 g/mol. The normalized spacial score (nSPS) is 22.5. The molecule has 198 valence electrons. The number of methoxy groups -OCH3 is 1. The fraction of sp³-hybridized carbons (Fsp3) is 0.444. The molecule has 10 nitrogen and oxygen atoms in total. The van der Waals surface area contributed by atoms with E-state index in [4.69, 9.17) is 10.00 Å². The number of aromatic nitrogens is 3. The summed E-state index contributed by atoms with van der Waals surface area (Å²) in [6.45, 7) is 2.33. The van der Waals surface area contributed by atoms with Crippen LogP contribution in [0.1, 0.15) is 55.5 Å². The fourth-order valence-electron chi connectivity index (χ4n) is 5.64. The van der Waals surface area contributed by atoms with Crippen molar-refractivity contribution in [3.8, 4) is 17.5 Å². The topological polar surface area (TPSA) is 142 Å². The first-order valence-corrected chi connectivity index (χ1v) is 12.3. The highest BCUT2D eigenvalue weighted by Crippen LogP contribution is 2.70. The molecule has 38 heavy (non-hydrogen) atoms. The van der Waals surface area contributed by atoms with Gasteiger partial charge in [-0.05, 0) is 62.8 Å². The van der Waals surface area contributed by atoms with Gasteiger partial charge in [0.15, 0.2) is 0 Å². The van der Waals surface area contributed by atoms with Crippen LogP contribution in [0.4, 0.5) is 10.1 Å². The van der Waals surface area contributed by atoms with Crippen molar-refractivity contribution in [2.45, 2.75) is 56.8 Å². The molecule has 0 unspecified atom stereocenters. The molecule has 3 aromatic rings. The second kappa shape index (κ2) is 9.06. The number of anilines is 1. The van der Waals surface area contributed by atoms with Crippen LogP contribution in [0, 0.1) is 16.7 Å². The summed E-state index contributed by atoms with van der Waals surface area (Å²) in [6.07, 6.45) is 3.92. The summed E-state index contributed by atoms with van der Waals surface area (Å²) in [7, 11) is 1.38. The molecule has 0 aliphatic heterocycles. The molecule has 3 aliphatic carbocycles. The monoisotopic (exact) mass is 520 g/mol. The summed E-state index contributed by atoms with van der Waals surface area (Å²) in [4.78, 5) is 29.4.